The van der Waals surface area contributed by atoms with Crippen LogP contribution in [0.25, 0.3) is 0 Å². The number of benzene rings is 2. The molecule has 0 bridgehead atoms. The molecule has 5 rings (SSSR count). The number of likely N-dealkylation sites (N-methyl/N-ethyl adjacent to an activating group) is 1. The first-order valence-electron chi connectivity index (χ1n) is 11.7. The molecule has 2 heterocycles. The molecule has 1 atom stereocenters. The third-order valence-electron chi connectivity index (χ3n) is 6.77. The lowest BCUT2D eigenvalue weighted by atomic mass is 9.99. The number of ether oxygens (including phenoxy) is 2. The number of hydrogen-bond acceptors (Lipinski definition) is 8. The molecule has 1 aromatic heterocycles. The Bertz CT molecular complexity index is 1280. The topological polar surface area (TPSA) is 115 Å². The van der Waals surface area contributed by atoms with E-state index in [4.69, 9.17) is 15.2 Å². The molecule has 3 aromatic rings. The molecular formula is C26H30N6O3. The molecule has 1 amide bonds. The fourth-order valence-corrected chi connectivity index (χ4v) is 4.87. The predicted octanol–water partition coefficient (Wildman–Crippen LogP) is 3.42. The maximum Gasteiger partial charge on any atom is 0.254 e. The lowest BCUT2D eigenvalue weighted by molar-refractivity contribution is 0.100. The molecule has 1 unspecified atom stereocenters. The van der Waals surface area contributed by atoms with Crippen molar-refractivity contribution in [3.8, 4) is 11.5 Å². The molecule has 0 saturated carbocycles. The molecule has 0 spiro atoms. The van der Waals surface area contributed by atoms with Crippen LogP contribution in [0.5, 0.6) is 11.5 Å². The van der Waals surface area contributed by atoms with E-state index in [2.05, 4.69) is 50.7 Å². The number of nitrogens with two attached hydrogens (primary N) is 1. The predicted molar refractivity (Wildman–Crippen MR) is 135 cm³/mol. The maximum atomic E-state index is 12.1. The number of rotatable bonds is 7. The van der Waals surface area contributed by atoms with Gasteiger partial charge < -0.3 is 30.7 Å². The van der Waals surface area contributed by atoms with E-state index in [1.54, 1.807) is 14.2 Å². The highest BCUT2D eigenvalue weighted by Gasteiger charge is 2.25. The quantitative estimate of drug-likeness (QED) is 0.477. The minimum atomic E-state index is -0.586. The van der Waals surface area contributed by atoms with E-state index in [9.17, 15) is 4.79 Å². The third-order valence-corrected chi connectivity index (χ3v) is 6.77. The SMILES string of the molecule is COc1ccc2c(c1)C(Nc1nc(Nc3cc4c(cc3OC)CCN(C)C4)ncc1C(N)=O)CC2. The Kier molecular flexibility index (Phi) is 6.17. The van der Waals surface area contributed by atoms with Crippen LogP contribution < -0.4 is 25.8 Å². The molecule has 2 aromatic carbocycles. The largest absolute Gasteiger partial charge is 0.497 e. The van der Waals surface area contributed by atoms with Gasteiger partial charge in [-0.3, -0.25) is 4.79 Å². The van der Waals surface area contributed by atoms with Crippen molar-refractivity contribution in [3.05, 3.63) is 64.3 Å². The van der Waals surface area contributed by atoms with Crippen molar-refractivity contribution in [2.24, 2.45) is 5.73 Å². The van der Waals surface area contributed by atoms with Crippen LogP contribution in [0.3, 0.4) is 0 Å². The molecule has 2 aliphatic rings. The summed E-state index contributed by atoms with van der Waals surface area (Å²) in [6.45, 7) is 1.89. The van der Waals surface area contributed by atoms with Crippen LogP contribution >= 0.6 is 0 Å². The molecule has 9 heteroatoms. The first-order valence-corrected chi connectivity index (χ1v) is 11.7. The van der Waals surface area contributed by atoms with Crippen molar-refractivity contribution >= 4 is 23.4 Å². The monoisotopic (exact) mass is 474 g/mol. The second-order valence-electron chi connectivity index (χ2n) is 9.05. The third kappa shape index (κ3) is 4.59. The fraction of sp³-hybridized carbons (Fsp3) is 0.346. The average Bonchev–Trinajstić information content (AvgIpc) is 3.25. The summed E-state index contributed by atoms with van der Waals surface area (Å²) in [4.78, 5) is 23.4. The number of nitrogens with zero attached hydrogens (tertiary/aromatic N) is 3. The van der Waals surface area contributed by atoms with Crippen LogP contribution in [0.1, 0.15) is 45.1 Å². The van der Waals surface area contributed by atoms with Gasteiger partial charge in [-0.1, -0.05) is 6.07 Å². The molecule has 9 nitrogen and oxygen atoms in total. The molecule has 182 valence electrons. The first kappa shape index (κ1) is 22.9. The van der Waals surface area contributed by atoms with E-state index in [0.717, 1.165) is 55.1 Å². The smallest absolute Gasteiger partial charge is 0.254 e. The van der Waals surface area contributed by atoms with Gasteiger partial charge in [-0.2, -0.15) is 4.98 Å². The number of aryl methyl sites for hydroxylation is 1. The average molecular weight is 475 g/mol. The summed E-state index contributed by atoms with van der Waals surface area (Å²) < 4.78 is 11.0. The van der Waals surface area contributed by atoms with Gasteiger partial charge in [-0.25, -0.2) is 4.98 Å². The van der Waals surface area contributed by atoms with Crippen LogP contribution in [0, 0.1) is 0 Å². The highest BCUT2D eigenvalue weighted by molar-refractivity contribution is 5.97. The van der Waals surface area contributed by atoms with Crippen molar-refractivity contribution in [3.63, 3.8) is 0 Å². The van der Waals surface area contributed by atoms with Gasteiger partial charge in [0.25, 0.3) is 5.91 Å². The highest BCUT2D eigenvalue weighted by Crippen LogP contribution is 2.37. The second-order valence-corrected chi connectivity index (χ2v) is 9.05. The van der Waals surface area contributed by atoms with Crippen molar-refractivity contribution in [1.29, 1.82) is 0 Å². The minimum absolute atomic E-state index is 0.0187. The Morgan fingerprint density at radius 3 is 2.74 bits per heavy atom. The Labute approximate surface area is 204 Å². The lowest BCUT2D eigenvalue weighted by Gasteiger charge is -2.26. The molecular weight excluding hydrogens is 444 g/mol. The van der Waals surface area contributed by atoms with Gasteiger partial charge in [0.1, 0.15) is 17.3 Å². The van der Waals surface area contributed by atoms with E-state index in [0.29, 0.717) is 11.8 Å². The summed E-state index contributed by atoms with van der Waals surface area (Å²) in [5, 5.41) is 6.70. The Morgan fingerprint density at radius 1 is 1.11 bits per heavy atom. The van der Waals surface area contributed by atoms with Gasteiger partial charge >= 0.3 is 0 Å². The zero-order chi connectivity index (χ0) is 24.5. The maximum absolute atomic E-state index is 12.1. The van der Waals surface area contributed by atoms with Gasteiger partial charge in [0, 0.05) is 19.3 Å². The molecule has 35 heavy (non-hydrogen) atoms. The summed E-state index contributed by atoms with van der Waals surface area (Å²) in [6, 6.07) is 10.2. The zero-order valence-corrected chi connectivity index (χ0v) is 20.2. The van der Waals surface area contributed by atoms with Crippen LogP contribution in [-0.4, -0.2) is 48.6 Å². The van der Waals surface area contributed by atoms with Gasteiger partial charge in [0.15, 0.2) is 0 Å². The summed E-state index contributed by atoms with van der Waals surface area (Å²) >= 11 is 0. The van der Waals surface area contributed by atoms with E-state index < -0.39 is 5.91 Å². The van der Waals surface area contributed by atoms with Crippen LogP contribution in [0.2, 0.25) is 0 Å². The number of amides is 1. The summed E-state index contributed by atoms with van der Waals surface area (Å²) in [5.74, 6) is 1.68. The molecule has 1 aliphatic carbocycles. The first-order chi connectivity index (χ1) is 16.9. The molecule has 0 radical (unpaired) electrons. The van der Waals surface area contributed by atoms with E-state index in [1.165, 1.54) is 22.9 Å². The summed E-state index contributed by atoms with van der Waals surface area (Å²) in [5.41, 5.74) is 11.6. The van der Waals surface area contributed by atoms with Gasteiger partial charge in [0.2, 0.25) is 5.95 Å². The number of methoxy groups -OCH3 is 2. The van der Waals surface area contributed by atoms with E-state index in [1.807, 2.05) is 12.1 Å². The minimum Gasteiger partial charge on any atom is -0.497 e. The van der Waals surface area contributed by atoms with Gasteiger partial charge in [-0.15, -0.1) is 0 Å². The highest BCUT2D eigenvalue weighted by atomic mass is 16.5. The van der Waals surface area contributed by atoms with Gasteiger partial charge in [-0.05, 0) is 72.8 Å². The number of hydrogen-bond donors (Lipinski definition) is 3. The molecule has 0 fully saturated rings. The van der Waals surface area contributed by atoms with Crippen LogP contribution in [0.15, 0.2) is 36.5 Å². The Morgan fingerprint density at radius 2 is 1.97 bits per heavy atom. The van der Waals surface area contributed by atoms with Crippen molar-refractivity contribution < 1.29 is 14.3 Å². The van der Waals surface area contributed by atoms with Crippen LogP contribution in [0.4, 0.5) is 17.5 Å². The van der Waals surface area contributed by atoms with Crippen LogP contribution in [-0.2, 0) is 19.4 Å². The number of aromatic nitrogens is 2. The van der Waals surface area contributed by atoms with E-state index >= 15 is 0 Å². The number of nitrogens with one attached hydrogen (secondary N) is 2. The van der Waals surface area contributed by atoms with Crippen molar-refractivity contribution in [1.82, 2.24) is 14.9 Å². The summed E-state index contributed by atoms with van der Waals surface area (Å²) in [7, 11) is 5.41. The number of fused-ring (bicyclic) bond motifs is 2. The van der Waals surface area contributed by atoms with Gasteiger partial charge in [0.05, 0.1) is 31.5 Å². The standard InChI is InChI=1S/C26H30N6O3/c1-32-9-8-16-11-23(35-3)22(10-17(16)14-32)30-26-28-13-20(24(27)33)25(31-26)29-21-7-5-15-4-6-18(34-2)12-19(15)21/h4,6,10-13,21H,5,7-9,14H2,1-3H3,(H2,27,33)(H2,28,29,30,31). The second kappa shape index (κ2) is 9.42. The van der Waals surface area contributed by atoms with Crippen molar-refractivity contribution in [2.45, 2.75) is 31.8 Å². The number of anilines is 3. The summed E-state index contributed by atoms with van der Waals surface area (Å²) in [6.07, 6.45) is 4.24. The van der Waals surface area contributed by atoms with Crippen molar-refractivity contribution in [2.75, 3.05) is 38.4 Å². The molecule has 1 aliphatic heterocycles. The molecule has 4 N–H and O–H groups in total. The molecule has 0 saturated heterocycles. The lowest BCUT2D eigenvalue weighted by Crippen LogP contribution is -2.26. The normalized spacial score (nSPS) is 16.8. The Hall–Kier alpha value is -3.85. The number of primary amides is 1. The number of carbonyl (C=O) groups is 1. The Balaban J connectivity index is 1.45. The fourth-order valence-electron chi connectivity index (χ4n) is 4.87. The van der Waals surface area contributed by atoms with E-state index in [-0.39, 0.29) is 11.6 Å². The zero-order valence-electron chi connectivity index (χ0n) is 20.2. The number of carbonyl (C=O) groups excluding carboxylic acids is 1.